The molecule has 1 saturated heterocycles. The number of pyridine rings is 2. The van der Waals surface area contributed by atoms with Gasteiger partial charge in [-0.05, 0) is 56.5 Å². The van der Waals surface area contributed by atoms with Crippen LogP contribution in [0.4, 0.5) is 10.2 Å². The summed E-state index contributed by atoms with van der Waals surface area (Å²) in [5, 5.41) is 10.3. The Hall–Kier alpha value is -3.00. The highest BCUT2D eigenvalue weighted by Gasteiger charge is 2.35. The van der Waals surface area contributed by atoms with Gasteiger partial charge in [0.15, 0.2) is 11.5 Å². The molecule has 1 atom stereocenters. The van der Waals surface area contributed by atoms with Crippen LogP contribution in [0.15, 0.2) is 36.7 Å². The standard InChI is InChI=1S/C22H24FN5O2/c1-14-8-18(19(11-25-14)30-13-22(23)5-6-24-12-22)16-4-7-28-17(9-16)10-20(27-28)26-21(29)15-2-3-15/h4,7-11,15,24H,2-3,5-6,12-13H2,1H3,(H,26,27,29)/t22-/m1/s1. The molecular formula is C22H24FN5O2. The van der Waals surface area contributed by atoms with Crippen molar-refractivity contribution < 1.29 is 13.9 Å². The summed E-state index contributed by atoms with van der Waals surface area (Å²) in [6.45, 7) is 2.87. The maximum atomic E-state index is 14.7. The molecule has 2 N–H and O–H groups in total. The van der Waals surface area contributed by atoms with E-state index in [0.717, 1.165) is 35.2 Å². The van der Waals surface area contributed by atoms with Crippen molar-refractivity contribution in [2.45, 2.75) is 31.9 Å². The normalized spacial score (nSPS) is 21.1. The molecule has 3 aromatic heterocycles. The second-order valence-corrected chi connectivity index (χ2v) is 8.27. The molecule has 0 bridgehead atoms. The molecule has 7 nitrogen and oxygen atoms in total. The first-order chi connectivity index (χ1) is 14.5. The number of halogens is 1. The molecule has 30 heavy (non-hydrogen) atoms. The van der Waals surface area contributed by atoms with Gasteiger partial charge in [0, 0.05) is 36.0 Å². The zero-order valence-corrected chi connectivity index (χ0v) is 16.8. The Balaban J connectivity index is 1.42. The molecule has 0 spiro atoms. The van der Waals surface area contributed by atoms with Gasteiger partial charge in [0.05, 0.1) is 11.7 Å². The highest BCUT2D eigenvalue weighted by atomic mass is 19.1. The Morgan fingerprint density at radius 2 is 2.27 bits per heavy atom. The van der Waals surface area contributed by atoms with Crippen molar-refractivity contribution in [3.8, 4) is 16.9 Å². The van der Waals surface area contributed by atoms with E-state index in [1.54, 1.807) is 10.7 Å². The number of hydrogen-bond donors (Lipinski definition) is 2. The lowest BCUT2D eigenvalue weighted by Crippen LogP contribution is -2.33. The van der Waals surface area contributed by atoms with Crippen LogP contribution in [0.2, 0.25) is 0 Å². The fourth-order valence-corrected chi connectivity index (χ4v) is 3.73. The Morgan fingerprint density at radius 3 is 3.03 bits per heavy atom. The van der Waals surface area contributed by atoms with Crippen molar-refractivity contribution in [2.75, 3.05) is 25.0 Å². The third kappa shape index (κ3) is 3.87. The van der Waals surface area contributed by atoms with Crippen molar-refractivity contribution in [3.05, 3.63) is 42.4 Å². The van der Waals surface area contributed by atoms with E-state index in [1.165, 1.54) is 0 Å². The first-order valence-corrected chi connectivity index (χ1v) is 10.3. The lowest BCUT2D eigenvalue weighted by molar-refractivity contribution is -0.117. The quantitative estimate of drug-likeness (QED) is 0.654. The van der Waals surface area contributed by atoms with Crippen molar-refractivity contribution in [2.24, 2.45) is 5.92 Å². The predicted octanol–water partition coefficient (Wildman–Crippen LogP) is 3.13. The zero-order valence-electron chi connectivity index (χ0n) is 16.8. The van der Waals surface area contributed by atoms with Gasteiger partial charge in [-0.3, -0.25) is 9.78 Å². The smallest absolute Gasteiger partial charge is 0.228 e. The molecule has 1 aliphatic heterocycles. The number of aromatic nitrogens is 3. The minimum Gasteiger partial charge on any atom is -0.488 e. The number of nitrogens with one attached hydrogen (secondary N) is 2. The van der Waals surface area contributed by atoms with Crippen molar-refractivity contribution in [3.63, 3.8) is 0 Å². The van der Waals surface area contributed by atoms with Gasteiger partial charge in [-0.15, -0.1) is 0 Å². The molecule has 0 aromatic carbocycles. The van der Waals surface area contributed by atoms with Crippen molar-refractivity contribution in [1.82, 2.24) is 19.9 Å². The summed E-state index contributed by atoms with van der Waals surface area (Å²) in [7, 11) is 0. The lowest BCUT2D eigenvalue weighted by Gasteiger charge is -2.20. The minimum atomic E-state index is -1.35. The first-order valence-electron chi connectivity index (χ1n) is 10.3. The van der Waals surface area contributed by atoms with E-state index in [0.29, 0.717) is 31.1 Å². The SMILES string of the molecule is Cc1cc(-c2ccn3nc(NC(=O)C4CC4)cc3c2)c(OC[C@@]2(F)CCNC2)cn1. The van der Waals surface area contributed by atoms with E-state index in [-0.39, 0.29) is 18.4 Å². The summed E-state index contributed by atoms with van der Waals surface area (Å²) in [6.07, 6.45) is 5.83. The number of anilines is 1. The van der Waals surface area contributed by atoms with Crippen LogP contribution in [0.25, 0.3) is 16.6 Å². The number of carbonyl (C=O) groups is 1. The summed E-state index contributed by atoms with van der Waals surface area (Å²) in [6, 6.07) is 7.68. The van der Waals surface area contributed by atoms with Gasteiger partial charge in [0.2, 0.25) is 5.91 Å². The first kappa shape index (κ1) is 19.0. The lowest BCUT2D eigenvalue weighted by atomic mass is 10.1. The average Bonchev–Trinajstić information content (AvgIpc) is 3.38. The van der Waals surface area contributed by atoms with Gasteiger partial charge in [0.1, 0.15) is 12.4 Å². The largest absolute Gasteiger partial charge is 0.488 e. The van der Waals surface area contributed by atoms with Gasteiger partial charge < -0.3 is 15.4 Å². The molecule has 3 aromatic rings. The molecule has 2 aliphatic rings. The van der Waals surface area contributed by atoms with E-state index in [1.807, 2.05) is 37.4 Å². The van der Waals surface area contributed by atoms with Crippen LogP contribution in [0, 0.1) is 12.8 Å². The number of carbonyl (C=O) groups excluding carboxylic acids is 1. The Kier molecular flexibility index (Phi) is 4.66. The van der Waals surface area contributed by atoms with Gasteiger partial charge in [-0.25, -0.2) is 8.91 Å². The Labute approximate surface area is 173 Å². The van der Waals surface area contributed by atoms with Gasteiger partial charge in [-0.1, -0.05) is 0 Å². The highest BCUT2D eigenvalue weighted by Crippen LogP contribution is 2.33. The highest BCUT2D eigenvalue weighted by molar-refractivity contribution is 5.93. The van der Waals surface area contributed by atoms with E-state index in [4.69, 9.17) is 4.74 Å². The molecule has 156 valence electrons. The van der Waals surface area contributed by atoms with Crippen LogP contribution < -0.4 is 15.4 Å². The number of ether oxygens (including phenoxy) is 1. The van der Waals surface area contributed by atoms with Crippen LogP contribution >= 0.6 is 0 Å². The van der Waals surface area contributed by atoms with Gasteiger partial charge in [-0.2, -0.15) is 5.10 Å². The summed E-state index contributed by atoms with van der Waals surface area (Å²) < 4.78 is 22.3. The molecule has 1 saturated carbocycles. The maximum Gasteiger partial charge on any atom is 0.228 e. The Bertz CT molecular complexity index is 1100. The van der Waals surface area contributed by atoms with Crippen LogP contribution in [0.1, 0.15) is 25.0 Å². The van der Waals surface area contributed by atoms with Crippen molar-refractivity contribution in [1.29, 1.82) is 0 Å². The molecule has 0 radical (unpaired) electrons. The fourth-order valence-electron chi connectivity index (χ4n) is 3.73. The second-order valence-electron chi connectivity index (χ2n) is 8.27. The molecule has 8 heteroatoms. The Morgan fingerprint density at radius 1 is 1.40 bits per heavy atom. The monoisotopic (exact) mass is 409 g/mol. The number of amides is 1. The van der Waals surface area contributed by atoms with E-state index < -0.39 is 5.67 Å². The third-order valence-electron chi connectivity index (χ3n) is 5.66. The molecule has 1 amide bonds. The molecule has 2 fully saturated rings. The predicted molar refractivity (Wildman–Crippen MR) is 111 cm³/mol. The fraction of sp³-hybridized carbons (Fsp3) is 0.409. The number of rotatable bonds is 6. The molecular weight excluding hydrogens is 385 g/mol. The summed E-state index contributed by atoms with van der Waals surface area (Å²) in [5.41, 5.74) is 2.11. The van der Waals surface area contributed by atoms with E-state index in [9.17, 15) is 9.18 Å². The third-order valence-corrected chi connectivity index (χ3v) is 5.66. The summed E-state index contributed by atoms with van der Waals surface area (Å²) in [5.74, 6) is 1.24. The number of alkyl halides is 1. The molecule has 4 heterocycles. The van der Waals surface area contributed by atoms with Gasteiger partial charge >= 0.3 is 0 Å². The number of fused-ring (bicyclic) bond motifs is 1. The maximum absolute atomic E-state index is 14.7. The second kappa shape index (κ2) is 7.36. The van der Waals surface area contributed by atoms with Crippen LogP contribution in [0.5, 0.6) is 5.75 Å². The number of aryl methyl sites for hydroxylation is 1. The molecule has 1 aliphatic carbocycles. The topological polar surface area (TPSA) is 80.5 Å². The van der Waals surface area contributed by atoms with Crippen molar-refractivity contribution >= 4 is 17.2 Å². The minimum absolute atomic E-state index is 0.00991. The van der Waals surface area contributed by atoms with Crippen LogP contribution in [-0.2, 0) is 4.79 Å². The summed E-state index contributed by atoms with van der Waals surface area (Å²) >= 11 is 0. The van der Waals surface area contributed by atoms with Gasteiger partial charge in [0.25, 0.3) is 0 Å². The van der Waals surface area contributed by atoms with Crippen LogP contribution in [0.3, 0.4) is 0 Å². The zero-order chi connectivity index (χ0) is 20.7. The summed E-state index contributed by atoms with van der Waals surface area (Å²) in [4.78, 5) is 16.3. The number of hydrogen-bond acceptors (Lipinski definition) is 5. The van der Waals surface area contributed by atoms with E-state index in [2.05, 4.69) is 20.7 Å². The molecule has 5 rings (SSSR count). The van der Waals surface area contributed by atoms with Crippen LogP contribution in [-0.4, -0.2) is 45.9 Å². The van der Waals surface area contributed by atoms with E-state index >= 15 is 0 Å². The number of nitrogens with zero attached hydrogens (tertiary/aromatic N) is 3. The average molecular weight is 409 g/mol. The molecule has 0 unspecified atom stereocenters.